The maximum Gasteiger partial charge on any atom is 0.326 e. The maximum atomic E-state index is 12.5. The highest BCUT2D eigenvalue weighted by atomic mass is 79.9. The van der Waals surface area contributed by atoms with E-state index in [-0.39, 0.29) is 49.1 Å². The first-order valence-corrected chi connectivity index (χ1v) is 21.5. The van der Waals surface area contributed by atoms with Crippen LogP contribution < -0.4 is 31.9 Å². The molecule has 1 rings (SSSR count). The van der Waals surface area contributed by atoms with Gasteiger partial charge in [-0.2, -0.15) is 0 Å². The molecule has 0 aromatic heterocycles. The molecule has 24 heteroatoms. The average molecular weight is 997 g/mol. The minimum Gasteiger partial charge on any atom is -0.480 e. The summed E-state index contributed by atoms with van der Waals surface area (Å²) in [5.74, 6) is -10.3. The zero-order valence-corrected chi connectivity index (χ0v) is 36.4. The van der Waals surface area contributed by atoms with Gasteiger partial charge in [-0.3, -0.25) is 33.6 Å². The molecule has 0 radical (unpaired) electrons. The molecule has 0 heterocycles. The number of hydrogen-bond donors (Lipinski definition) is 10. The van der Waals surface area contributed by atoms with Gasteiger partial charge < -0.3 is 52.3 Å². The highest BCUT2D eigenvalue weighted by Crippen LogP contribution is 2.16. The van der Waals surface area contributed by atoms with Crippen molar-refractivity contribution in [2.24, 2.45) is 0 Å². The standard InChI is InChI=1S/C36H48Br2N6O15S/c1-19(45)60-13-10-31(50)44-26(36(58)59)5-9-30(49)43-25(35(56)57)4-8-29(48)42-24(34(54)55)3-7-28(47)41-23(33(52)53)2-6-27(46)39-11-12-40-32(51)22-15-20(17-37)14-21(16-22)18-38/h14-16,23-26H,2-13,17-18H2,1H3,(H,39,46)(H,40,51)(H,41,47)(H,42,48)(H,43,49)(H,44,50)(H,52,53)(H,54,55)(H,56,57)(H,58,59). The molecule has 0 saturated carbocycles. The van der Waals surface area contributed by atoms with Crippen molar-refractivity contribution in [3.8, 4) is 0 Å². The van der Waals surface area contributed by atoms with Gasteiger partial charge in [0.05, 0.1) is 0 Å². The Morgan fingerprint density at radius 3 is 1.18 bits per heavy atom. The van der Waals surface area contributed by atoms with Gasteiger partial charge in [0.15, 0.2) is 5.12 Å². The summed E-state index contributed by atoms with van der Waals surface area (Å²) in [6.07, 6.45) is -3.92. The summed E-state index contributed by atoms with van der Waals surface area (Å²) in [5.41, 5.74) is 2.24. The Morgan fingerprint density at radius 2 is 0.850 bits per heavy atom. The van der Waals surface area contributed by atoms with Crippen LogP contribution in [0.4, 0.5) is 0 Å². The smallest absolute Gasteiger partial charge is 0.326 e. The number of hydrogen-bond acceptors (Lipinski definition) is 12. The number of benzene rings is 1. The van der Waals surface area contributed by atoms with Gasteiger partial charge >= 0.3 is 23.9 Å². The van der Waals surface area contributed by atoms with Crippen LogP contribution in [0.5, 0.6) is 0 Å². The SMILES string of the molecule is CC(=O)SCCC(=O)NC(CCC(=O)NC(CCC(=O)NC(CCC(=O)NC(CCC(=O)NCCNC(=O)c1cc(CBr)cc(CBr)c1)C(=O)O)C(=O)O)C(=O)O)C(=O)O. The molecule has 0 aliphatic rings. The summed E-state index contributed by atoms with van der Waals surface area (Å²) in [5, 5.41) is 52.8. The average Bonchev–Trinajstić information content (AvgIpc) is 3.18. The summed E-state index contributed by atoms with van der Waals surface area (Å²) in [6, 6.07) is -0.934. The Hall–Kier alpha value is -5.10. The van der Waals surface area contributed by atoms with Crippen molar-refractivity contribution in [1.29, 1.82) is 0 Å². The topological polar surface area (TPSA) is 341 Å². The molecule has 6 amide bonds. The lowest BCUT2D eigenvalue weighted by molar-refractivity contribution is -0.144. The number of carbonyl (C=O) groups excluding carboxylic acids is 7. The molecule has 0 aliphatic heterocycles. The van der Waals surface area contributed by atoms with E-state index >= 15 is 0 Å². The van der Waals surface area contributed by atoms with Crippen LogP contribution in [0.3, 0.4) is 0 Å². The first-order valence-electron chi connectivity index (χ1n) is 18.3. The first kappa shape index (κ1) is 52.9. The highest BCUT2D eigenvalue weighted by molar-refractivity contribution is 9.08. The molecule has 60 heavy (non-hydrogen) atoms. The first-order chi connectivity index (χ1) is 28.2. The number of alkyl halides is 2. The summed E-state index contributed by atoms with van der Waals surface area (Å²) >= 11 is 7.58. The molecule has 4 atom stereocenters. The number of amides is 6. The van der Waals surface area contributed by atoms with E-state index in [0.29, 0.717) is 16.2 Å². The predicted molar refractivity (Wildman–Crippen MR) is 220 cm³/mol. The number of thioether (sulfide) groups is 1. The van der Waals surface area contributed by atoms with E-state index in [1.54, 1.807) is 12.1 Å². The molecule has 0 bridgehead atoms. The number of halogens is 2. The Labute approximate surface area is 364 Å². The second-order valence-corrected chi connectivity index (χ2v) is 15.4. The minimum atomic E-state index is -1.65. The second-order valence-electron chi connectivity index (χ2n) is 13.0. The molecule has 332 valence electrons. The van der Waals surface area contributed by atoms with Crippen molar-refractivity contribution in [1.82, 2.24) is 31.9 Å². The molecule has 0 spiro atoms. The van der Waals surface area contributed by atoms with E-state index in [9.17, 15) is 73.2 Å². The number of carboxylic acids is 4. The van der Waals surface area contributed by atoms with Crippen LogP contribution in [0, 0.1) is 0 Å². The fourth-order valence-corrected chi connectivity index (χ4v) is 6.32. The van der Waals surface area contributed by atoms with Crippen molar-refractivity contribution < 1.29 is 73.2 Å². The number of carboxylic acid groups (broad SMARTS) is 4. The van der Waals surface area contributed by atoms with Crippen molar-refractivity contribution in [2.45, 2.75) is 99.5 Å². The van der Waals surface area contributed by atoms with Crippen molar-refractivity contribution in [3.63, 3.8) is 0 Å². The monoisotopic (exact) mass is 994 g/mol. The lowest BCUT2D eigenvalue weighted by Gasteiger charge is -2.18. The lowest BCUT2D eigenvalue weighted by atomic mass is 10.1. The number of aliphatic carboxylic acids is 4. The lowest BCUT2D eigenvalue weighted by Crippen LogP contribution is -2.45. The third kappa shape index (κ3) is 22.3. The van der Waals surface area contributed by atoms with Gasteiger partial charge in [0, 0.05) is 74.1 Å². The quantitative estimate of drug-likeness (QED) is 0.0383. The minimum absolute atomic E-state index is 0.0362. The van der Waals surface area contributed by atoms with Gasteiger partial charge in [-0.1, -0.05) is 49.7 Å². The maximum absolute atomic E-state index is 12.5. The molecular weight excluding hydrogens is 948 g/mol. The molecule has 0 aliphatic carbocycles. The fourth-order valence-electron chi connectivity index (χ4n) is 5.10. The largest absolute Gasteiger partial charge is 0.480 e. The van der Waals surface area contributed by atoms with Crippen LogP contribution in [0.2, 0.25) is 0 Å². The van der Waals surface area contributed by atoms with Gasteiger partial charge in [-0.05, 0) is 48.9 Å². The van der Waals surface area contributed by atoms with Gasteiger partial charge in [-0.15, -0.1) is 0 Å². The van der Waals surface area contributed by atoms with Crippen LogP contribution in [0.15, 0.2) is 18.2 Å². The van der Waals surface area contributed by atoms with E-state index < -0.39 is 116 Å². The number of carbonyl (C=O) groups is 11. The van der Waals surface area contributed by atoms with E-state index in [1.807, 2.05) is 6.07 Å². The van der Waals surface area contributed by atoms with E-state index in [1.165, 1.54) is 6.92 Å². The Kier molecular flexibility index (Phi) is 25.0. The van der Waals surface area contributed by atoms with Crippen molar-refractivity contribution in [2.75, 3.05) is 18.8 Å². The van der Waals surface area contributed by atoms with Crippen LogP contribution in [0.25, 0.3) is 0 Å². The molecule has 10 N–H and O–H groups in total. The molecule has 1 aromatic rings. The summed E-state index contributed by atoms with van der Waals surface area (Å²) < 4.78 is 0. The van der Waals surface area contributed by atoms with Crippen LogP contribution >= 0.6 is 43.6 Å². The summed E-state index contributed by atoms with van der Waals surface area (Å²) in [7, 11) is 0. The number of nitrogens with one attached hydrogen (secondary N) is 6. The zero-order chi connectivity index (χ0) is 45.4. The van der Waals surface area contributed by atoms with Gasteiger partial charge in [0.2, 0.25) is 29.5 Å². The van der Waals surface area contributed by atoms with Crippen LogP contribution in [0.1, 0.15) is 86.2 Å². The summed E-state index contributed by atoms with van der Waals surface area (Å²) in [6.45, 7) is 1.41. The van der Waals surface area contributed by atoms with E-state index in [0.717, 1.165) is 22.9 Å². The van der Waals surface area contributed by atoms with Gasteiger partial charge in [0.1, 0.15) is 24.2 Å². The van der Waals surface area contributed by atoms with E-state index in [2.05, 4.69) is 63.8 Å². The zero-order valence-electron chi connectivity index (χ0n) is 32.4. The second kappa shape index (κ2) is 28.4. The molecule has 21 nitrogen and oxygen atoms in total. The number of rotatable bonds is 29. The third-order valence-corrected chi connectivity index (χ3v) is 10.3. The van der Waals surface area contributed by atoms with Crippen LogP contribution in [-0.4, -0.2) is 128 Å². The van der Waals surface area contributed by atoms with Crippen molar-refractivity contribution in [3.05, 3.63) is 34.9 Å². The molecule has 4 unspecified atom stereocenters. The van der Waals surface area contributed by atoms with Gasteiger partial charge in [-0.25, -0.2) is 19.2 Å². The Bertz CT molecular complexity index is 1730. The summed E-state index contributed by atoms with van der Waals surface area (Å²) in [4.78, 5) is 132. The van der Waals surface area contributed by atoms with Crippen LogP contribution in [-0.2, 0) is 58.6 Å². The normalized spacial score (nSPS) is 12.7. The highest BCUT2D eigenvalue weighted by Gasteiger charge is 2.27. The predicted octanol–water partition coefficient (Wildman–Crippen LogP) is 0.391. The van der Waals surface area contributed by atoms with Crippen molar-refractivity contribution >= 4 is 108 Å². The molecule has 0 saturated heterocycles. The Morgan fingerprint density at radius 1 is 0.517 bits per heavy atom. The fraction of sp³-hybridized carbons (Fsp3) is 0.528. The van der Waals surface area contributed by atoms with Gasteiger partial charge in [0.25, 0.3) is 5.91 Å². The molecule has 1 aromatic carbocycles. The molecular formula is C36H48Br2N6O15S. The molecule has 0 fully saturated rings. The Balaban J connectivity index is 2.55. The van der Waals surface area contributed by atoms with E-state index in [4.69, 9.17) is 0 Å². The third-order valence-electron chi connectivity index (χ3n) is 8.16.